The summed E-state index contributed by atoms with van der Waals surface area (Å²) >= 11 is 1.18. The van der Waals surface area contributed by atoms with Gasteiger partial charge in [0.2, 0.25) is 0 Å². The van der Waals surface area contributed by atoms with E-state index in [1.165, 1.54) is 25.2 Å². The number of carbonyl (C=O) groups excluding carboxylic acids is 2. The summed E-state index contributed by atoms with van der Waals surface area (Å²) in [6.07, 6.45) is 0.206. The number of carbonyl (C=O) groups is 2. The van der Waals surface area contributed by atoms with E-state index >= 15 is 0 Å². The SMILES string of the molecule is CO[C@H]1C(=O)N2C(C(=O)OC(C)(C)C)=C(CSc3ncn[nH]3)CS(=O)(=O)C12. The maximum atomic E-state index is 12.8. The lowest BCUT2D eigenvalue weighted by molar-refractivity contribution is -0.167. The highest BCUT2D eigenvalue weighted by atomic mass is 32.2. The fraction of sp³-hybridized carbons (Fsp3) is 0.600. The lowest BCUT2D eigenvalue weighted by atomic mass is 10.1. The first-order valence-corrected chi connectivity index (χ1v) is 10.8. The largest absolute Gasteiger partial charge is 0.455 e. The van der Waals surface area contributed by atoms with Crippen LogP contribution in [0.3, 0.4) is 0 Å². The van der Waals surface area contributed by atoms with Crippen molar-refractivity contribution in [2.24, 2.45) is 0 Å². The number of nitrogens with zero attached hydrogens (tertiary/aromatic N) is 3. The Hall–Kier alpha value is -1.92. The number of nitrogens with one attached hydrogen (secondary N) is 1. The Morgan fingerprint density at radius 3 is 2.70 bits per heavy atom. The average Bonchev–Trinajstić information content (AvgIpc) is 3.05. The van der Waals surface area contributed by atoms with Gasteiger partial charge in [-0.3, -0.25) is 14.8 Å². The van der Waals surface area contributed by atoms with Crippen LogP contribution in [-0.4, -0.2) is 76.1 Å². The number of sulfone groups is 1. The van der Waals surface area contributed by atoms with Gasteiger partial charge in [-0.05, 0) is 26.3 Å². The molecule has 1 aromatic heterocycles. The molecule has 12 heteroatoms. The van der Waals surface area contributed by atoms with Crippen LogP contribution < -0.4 is 0 Å². The van der Waals surface area contributed by atoms with E-state index < -0.39 is 38.8 Å². The maximum absolute atomic E-state index is 12.8. The molecular formula is C15H20N4O6S2. The molecule has 27 heavy (non-hydrogen) atoms. The van der Waals surface area contributed by atoms with E-state index in [0.29, 0.717) is 5.16 Å². The summed E-state index contributed by atoms with van der Waals surface area (Å²) in [7, 11) is -2.45. The van der Waals surface area contributed by atoms with Crippen molar-refractivity contribution in [3.05, 3.63) is 17.6 Å². The Morgan fingerprint density at radius 1 is 1.44 bits per heavy atom. The van der Waals surface area contributed by atoms with Gasteiger partial charge in [-0.15, -0.1) is 0 Å². The number of aromatic amines is 1. The number of aromatic nitrogens is 3. The van der Waals surface area contributed by atoms with Crippen molar-refractivity contribution >= 4 is 33.5 Å². The number of H-pyrrole nitrogens is 1. The van der Waals surface area contributed by atoms with Crippen molar-refractivity contribution in [3.63, 3.8) is 0 Å². The first-order valence-electron chi connectivity index (χ1n) is 8.06. The van der Waals surface area contributed by atoms with E-state index in [9.17, 15) is 18.0 Å². The number of rotatable bonds is 5. The van der Waals surface area contributed by atoms with E-state index in [4.69, 9.17) is 9.47 Å². The van der Waals surface area contributed by atoms with Crippen LogP contribution in [0.2, 0.25) is 0 Å². The number of hydrogen-bond acceptors (Lipinski definition) is 9. The van der Waals surface area contributed by atoms with Crippen molar-refractivity contribution in [2.45, 2.75) is 43.0 Å². The predicted molar refractivity (Wildman–Crippen MR) is 95.2 cm³/mol. The van der Waals surface area contributed by atoms with Gasteiger partial charge < -0.3 is 9.47 Å². The van der Waals surface area contributed by atoms with Crippen LogP contribution in [-0.2, 0) is 28.9 Å². The molecule has 2 aliphatic heterocycles. The molecule has 1 amide bonds. The smallest absolute Gasteiger partial charge is 0.355 e. The Balaban J connectivity index is 2.00. The molecule has 0 aromatic carbocycles. The molecule has 1 unspecified atom stereocenters. The standard InChI is InChI=1S/C15H20N4O6S2/c1-15(2,3)25-13(21)9-8(5-26-14-16-7-17-18-14)6-27(22,23)12-10(24-4)11(20)19(9)12/h7,10,12H,5-6H2,1-4H3,(H,16,17,18)/t10-,12?/m0/s1. The van der Waals surface area contributed by atoms with Crippen molar-refractivity contribution in [1.82, 2.24) is 20.1 Å². The van der Waals surface area contributed by atoms with Gasteiger partial charge in [0, 0.05) is 12.9 Å². The topological polar surface area (TPSA) is 132 Å². The van der Waals surface area contributed by atoms with E-state index in [1.807, 2.05) is 0 Å². The molecule has 1 N–H and O–H groups in total. The van der Waals surface area contributed by atoms with Gasteiger partial charge in [0.15, 0.2) is 26.5 Å². The molecule has 2 atom stereocenters. The van der Waals surface area contributed by atoms with Gasteiger partial charge in [0.1, 0.15) is 17.6 Å². The van der Waals surface area contributed by atoms with Crippen LogP contribution in [0.15, 0.2) is 22.8 Å². The number of hydrogen-bond donors (Lipinski definition) is 1. The highest BCUT2D eigenvalue weighted by Gasteiger charge is 2.60. The molecule has 10 nitrogen and oxygen atoms in total. The number of ether oxygens (including phenoxy) is 2. The second-order valence-electron chi connectivity index (χ2n) is 7.10. The quantitative estimate of drug-likeness (QED) is 0.403. The summed E-state index contributed by atoms with van der Waals surface area (Å²) in [6.45, 7) is 5.09. The zero-order valence-electron chi connectivity index (χ0n) is 15.3. The molecule has 3 heterocycles. The third kappa shape index (κ3) is 3.73. The van der Waals surface area contributed by atoms with Crippen LogP contribution in [0, 0.1) is 0 Å². The first kappa shape index (κ1) is 19.8. The van der Waals surface area contributed by atoms with Crippen LogP contribution in [0.4, 0.5) is 0 Å². The lowest BCUT2D eigenvalue weighted by Gasteiger charge is -2.48. The van der Waals surface area contributed by atoms with Crippen molar-refractivity contribution in [3.8, 4) is 0 Å². The summed E-state index contributed by atoms with van der Waals surface area (Å²) in [5, 5.41) is 5.63. The van der Waals surface area contributed by atoms with Gasteiger partial charge in [0.05, 0.1) is 5.75 Å². The van der Waals surface area contributed by atoms with E-state index in [-0.39, 0.29) is 22.8 Å². The number of esters is 1. The number of β-lactam (4-membered cyclic amide) rings is 1. The summed E-state index contributed by atoms with van der Waals surface area (Å²) in [6, 6.07) is 0. The summed E-state index contributed by atoms with van der Waals surface area (Å²) < 4.78 is 35.8. The minimum Gasteiger partial charge on any atom is -0.455 e. The average molecular weight is 416 g/mol. The van der Waals surface area contributed by atoms with Crippen LogP contribution >= 0.6 is 11.8 Å². The molecule has 0 radical (unpaired) electrons. The molecular weight excluding hydrogens is 396 g/mol. The molecule has 1 saturated heterocycles. The molecule has 3 rings (SSSR count). The number of amides is 1. The van der Waals surface area contributed by atoms with Gasteiger partial charge in [0.25, 0.3) is 5.91 Å². The monoisotopic (exact) mass is 416 g/mol. The summed E-state index contributed by atoms with van der Waals surface area (Å²) in [5.74, 6) is -1.54. The number of thioether (sulfide) groups is 1. The van der Waals surface area contributed by atoms with Crippen LogP contribution in [0.5, 0.6) is 0 Å². The fourth-order valence-corrected chi connectivity index (χ4v) is 5.85. The normalized spacial score (nSPS) is 24.4. The second-order valence-corrected chi connectivity index (χ2v) is 10.2. The van der Waals surface area contributed by atoms with Gasteiger partial charge in [-0.2, -0.15) is 5.10 Å². The third-order valence-corrected chi connectivity index (χ3v) is 6.84. The first-order chi connectivity index (χ1) is 12.5. The Labute approximate surface area is 160 Å². The Morgan fingerprint density at radius 2 is 2.15 bits per heavy atom. The maximum Gasteiger partial charge on any atom is 0.355 e. The van der Waals surface area contributed by atoms with E-state index in [0.717, 1.165) is 4.90 Å². The summed E-state index contributed by atoms with van der Waals surface area (Å²) in [4.78, 5) is 30.2. The second kappa shape index (κ2) is 6.91. The molecule has 0 spiro atoms. The van der Waals surface area contributed by atoms with E-state index in [2.05, 4.69) is 15.2 Å². The lowest BCUT2D eigenvalue weighted by Crippen LogP contribution is -2.70. The van der Waals surface area contributed by atoms with Crippen molar-refractivity contribution in [1.29, 1.82) is 0 Å². The highest BCUT2D eigenvalue weighted by molar-refractivity contribution is 7.99. The van der Waals surface area contributed by atoms with Crippen LogP contribution in [0.1, 0.15) is 20.8 Å². The Kier molecular flexibility index (Phi) is 5.08. The van der Waals surface area contributed by atoms with E-state index in [1.54, 1.807) is 20.8 Å². The molecule has 2 aliphatic rings. The van der Waals surface area contributed by atoms with Crippen LogP contribution in [0.25, 0.3) is 0 Å². The molecule has 0 saturated carbocycles. The Bertz CT molecular complexity index is 888. The molecule has 148 valence electrons. The number of methoxy groups -OCH3 is 1. The van der Waals surface area contributed by atoms with Gasteiger partial charge in [-0.25, -0.2) is 18.2 Å². The molecule has 1 aromatic rings. The minimum atomic E-state index is -3.71. The molecule has 1 fully saturated rings. The van der Waals surface area contributed by atoms with Gasteiger partial charge in [-0.1, -0.05) is 11.8 Å². The zero-order chi connectivity index (χ0) is 20.0. The molecule has 0 aliphatic carbocycles. The highest BCUT2D eigenvalue weighted by Crippen LogP contribution is 2.39. The molecule has 0 bridgehead atoms. The summed E-state index contributed by atoms with van der Waals surface area (Å²) in [5.41, 5.74) is -0.548. The minimum absolute atomic E-state index is 0.0323. The number of fused-ring (bicyclic) bond motifs is 1. The third-order valence-electron chi connectivity index (χ3n) is 3.94. The fourth-order valence-electron chi connectivity index (χ4n) is 2.91. The van der Waals surface area contributed by atoms with Crippen molar-refractivity contribution in [2.75, 3.05) is 18.6 Å². The predicted octanol–water partition coefficient (Wildman–Crippen LogP) is 0.104. The van der Waals surface area contributed by atoms with Gasteiger partial charge >= 0.3 is 5.97 Å². The van der Waals surface area contributed by atoms with Crippen molar-refractivity contribution < 1.29 is 27.5 Å². The zero-order valence-corrected chi connectivity index (χ0v) is 16.9.